The maximum Gasteiger partial charge on any atom is 0.251 e. The second-order valence-corrected chi connectivity index (χ2v) is 22.9. The van der Waals surface area contributed by atoms with Gasteiger partial charge in [0.25, 0.3) is 5.91 Å². The number of carbonyl (C=O) groups excluding carboxylic acids is 6. The first-order valence-electron chi connectivity index (χ1n) is 27.4. The van der Waals surface area contributed by atoms with E-state index in [4.69, 9.17) is 11.5 Å². The topological polar surface area (TPSA) is 267 Å². The zero-order chi connectivity index (χ0) is 53.9. The minimum Gasteiger partial charge on any atom is -0.370 e. The molecule has 6 atom stereocenters. The Balaban J connectivity index is 0.766. The van der Waals surface area contributed by atoms with Crippen LogP contribution in [0, 0.1) is 11.8 Å². The van der Waals surface area contributed by atoms with Gasteiger partial charge < -0.3 is 53.6 Å². The first kappa shape index (κ1) is 56.5. The van der Waals surface area contributed by atoms with E-state index in [1.54, 1.807) is 23.1 Å². The number of nitrogens with one attached hydrogen (secondary N) is 7. The van der Waals surface area contributed by atoms with Crippen LogP contribution >= 0.6 is 23.5 Å². The quantitative estimate of drug-likeness (QED) is 0.0316. The highest BCUT2D eigenvalue weighted by molar-refractivity contribution is 8.00. The third-order valence-corrected chi connectivity index (χ3v) is 17.4. The van der Waals surface area contributed by atoms with Gasteiger partial charge >= 0.3 is 0 Å². The zero-order valence-corrected chi connectivity index (χ0v) is 45.5. The van der Waals surface area contributed by atoms with Gasteiger partial charge in [0, 0.05) is 102 Å². The van der Waals surface area contributed by atoms with Crippen molar-refractivity contribution in [3.63, 3.8) is 0 Å². The fourth-order valence-corrected chi connectivity index (χ4v) is 13.4. The molecule has 410 valence electrons. The van der Waals surface area contributed by atoms with E-state index in [1.807, 2.05) is 72.1 Å². The number of benzene rings is 3. The number of hydrogen-bond donors (Lipinski definition) is 9. The number of nitrogens with zero attached hydrogens (tertiary/aromatic N) is 3. The van der Waals surface area contributed by atoms with Crippen molar-refractivity contribution < 1.29 is 28.8 Å². The first-order valence-corrected chi connectivity index (χ1v) is 29.5. The van der Waals surface area contributed by atoms with Crippen molar-refractivity contribution in [2.24, 2.45) is 21.5 Å². The van der Waals surface area contributed by atoms with Crippen molar-refractivity contribution in [3.8, 4) is 11.8 Å². The summed E-state index contributed by atoms with van der Waals surface area (Å²) in [5, 5.41) is 22.0. The van der Waals surface area contributed by atoms with E-state index in [0.29, 0.717) is 96.9 Å². The molecular formula is C57H74N12O6S2. The third kappa shape index (κ3) is 16.9. The van der Waals surface area contributed by atoms with E-state index in [-0.39, 0.29) is 73.0 Å². The minimum atomic E-state index is -0.474. The van der Waals surface area contributed by atoms with Gasteiger partial charge in [-0.2, -0.15) is 23.5 Å². The molecule has 20 heteroatoms. The maximum atomic E-state index is 13.9. The van der Waals surface area contributed by atoms with Crippen LogP contribution in [0.15, 0.2) is 76.7 Å². The first-order chi connectivity index (χ1) is 37.4. The van der Waals surface area contributed by atoms with Crippen molar-refractivity contribution in [2.45, 2.75) is 150 Å². The van der Waals surface area contributed by atoms with Crippen molar-refractivity contribution in [3.05, 3.63) is 89.0 Å². The van der Waals surface area contributed by atoms with Gasteiger partial charge in [-0.25, -0.2) is 9.98 Å². The number of para-hydroxylation sites is 1. The van der Waals surface area contributed by atoms with Gasteiger partial charge in [-0.1, -0.05) is 67.9 Å². The molecule has 2 fully saturated rings. The Hall–Kier alpha value is -6.72. The van der Waals surface area contributed by atoms with E-state index in [2.05, 4.69) is 59.0 Å². The molecule has 0 saturated carbocycles. The zero-order valence-electron chi connectivity index (χ0n) is 43.8. The number of thioether (sulfide) groups is 2. The number of aliphatic imine (C=N–C) groups is 2. The molecule has 5 heterocycles. The van der Waals surface area contributed by atoms with Crippen LogP contribution in [0.1, 0.15) is 136 Å². The summed E-state index contributed by atoms with van der Waals surface area (Å²) in [5.41, 5.74) is 15.8. The van der Waals surface area contributed by atoms with Crippen LogP contribution in [0.2, 0.25) is 0 Å². The standard InChI is InChI=1S/C57H74N12O6S2/c58-56-65-43-35-76-46(53(43)67-56)19-9-11-21-48(70)60-28-13-1-3-23-50(72)63-41-31-40(55(75)62-30-27-52(74)69-34-39-17-6-5-15-37(39)25-26-38-16-7-8-18-45(38)69)32-42(33-41)64-51(73)24-4-2-14-29-61-49(71)22-12-10-20-47-54-44(36-77-47)66-57(59)68-54/h5-8,15-18,31-33,43-44,46-47,53-54H,1-4,9-14,19-24,27-30,34-36H2,(H,60,70)(H,61,71)(H,62,75)(H,63,72)(H,64,73)(H3,58,65,67)(H3,59,66,68). The normalized spacial score (nSPS) is 20.4. The summed E-state index contributed by atoms with van der Waals surface area (Å²) in [7, 11) is 0. The summed E-state index contributed by atoms with van der Waals surface area (Å²) in [6.07, 6.45) is 11.1. The summed E-state index contributed by atoms with van der Waals surface area (Å²) >= 11 is 3.85. The molecule has 2 saturated heterocycles. The van der Waals surface area contributed by atoms with Gasteiger partial charge in [-0.3, -0.25) is 28.8 Å². The molecule has 11 N–H and O–H groups in total. The SMILES string of the molecule is NC1=NC2C(CSC2CCCCC(=O)NCCCCCC(=O)Nc2cc(NC(=O)CCCCCNC(=O)CCCCC3SCC4NC(N)=NC43)cc(C(=O)NCCC(=O)N3Cc4ccccc4C#Cc4ccccc43)c2)N1. The van der Waals surface area contributed by atoms with Gasteiger partial charge in [0.1, 0.15) is 0 Å². The van der Waals surface area contributed by atoms with Crippen molar-refractivity contribution in [1.29, 1.82) is 0 Å². The molecule has 0 aliphatic carbocycles. The molecule has 0 aromatic heterocycles. The van der Waals surface area contributed by atoms with Gasteiger partial charge in [0.05, 0.1) is 36.4 Å². The lowest BCUT2D eigenvalue weighted by Gasteiger charge is -2.26. The number of unbranched alkanes of at least 4 members (excludes halogenated alkanes) is 6. The van der Waals surface area contributed by atoms with Gasteiger partial charge in [-0.15, -0.1) is 0 Å². The second-order valence-electron chi connectivity index (χ2n) is 20.4. The number of carbonyl (C=O) groups is 6. The molecule has 0 bridgehead atoms. The number of fused-ring (bicyclic) bond motifs is 4. The van der Waals surface area contributed by atoms with E-state index in [1.165, 1.54) is 0 Å². The van der Waals surface area contributed by atoms with Crippen LogP contribution in [0.4, 0.5) is 17.1 Å². The average Bonchev–Trinajstić information content (AvgIpc) is 4.18. The monoisotopic (exact) mass is 1090 g/mol. The summed E-state index contributed by atoms with van der Waals surface area (Å²) in [5.74, 6) is 8.41. The van der Waals surface area contributed by atoms with E-state index in [0.717, 1.165) is 92.4 Å². The van der Waals surface area contributed by atoms with Crippen LogP contribution in [0.25, 0.3) is 0 Å². The Morgan fingerprint density at radius 2 is 1.08 bits per heavy atom. The Morgan fingerprint density at radius 3 is 1.66 bits per heavy atom. The smallest absolute Gasteiger partial charge is 0.251 e. The Kier molecular flexibility index (Phi) is 21.0. The van der Waals surface area contributed by atoms with E-state index < -0.39 is 5.91 Å². The summed E-state index contributed by atoms with van der Waals surface area (Å²) < 4.78 is 0. The molecule has 0 radical (unpaired) electrons. The van der Waals surface area contributed by atoms with Crippen LogP contribution in [0.3, 0.4) is 0 Å². The van der Waals surface area contributed by atoms with Crippen molar-refractivity contribution in [1.82, 2.24) is 26.6 Å². The lowest BCUT2D eigenvalue weighted by Crippen LogP contribution is -2.38. The highest BCUT2D eigenvalue weighted by Crippen LogP contribution is 2.36. The van der Waals surface area contributed by atoms with Crippen LogP contribution in [-0.2, 0) is 30.5 Å². The highest BCUT2D eigenvalue weighted by atomic mass is 32.2. The molecule has 6 amide bonds. The lowest BCUT2D eigenvalue weighted by atomic mass is 10.0. The summed E-state index contributed by atoms with van der Waals surface area (Å²) in [6.45, 7) is 1.43. The second kappa shape index (κ2) is 28.6. The number of guanidine groups is 2. The number of nitrogens with two attached hydrogens (primary N) is 2. The fraction of sp³-hybridized carbons (Fsp3) is 0.509. The van der Waals surface area contributed by atoms with Crippen molar-refractivity contribution in [2.75, 3.05) is 46.7 Å². The molecule has 5 aliphatic rings. The van der Waals surface area contributed by atoms with Crippen molar-refractivity contribution >= 4 is 87.9 Å². The Bertz CT molecular complexity index is 2620. The van der Waals surface area contributed by atoms with Crippen LogP contribution in [0.5, 0.6) is 0 Å². The van der Waals surface area contributed by atoms with Gasteiger partial charge in [0.15, 0.2) is 11.9 Å². The molecule has 6 unspecified atom stereocenters. The molecule has 77 heavy (non-hydrogen) atoms. The maximum absolute atomic E-state index is 13.9. The third-order valence-electron chi connectivity index (χ3n) is 14.5. The largest absolute Gasteiger partial charge is 0.370 e. The summed E-state index contributed by atoms with van der Waals surface area (Å²) in [4.78, 5) is 89.9. The van der Waals surface area contributed by atoms with Crippen LogP contribution in [-0.4, -0.2) is 113 Å². The van der Waals surface area contributed by atoms with Gasteiger partial charge in [-0.05, 0) is 93.3 Å². The number of hydrogen-bond acceptors (Lipinski definition) is 14. The van der Waals surface area contributed by atoms with E-state index >= 15 is 0 Å². The Morgan fingerprint density at radius 1 is 0.571 bits per heavy atom. The average molecular weight is 1090 g/mol. The molecular weight excluding hydrogens is 1010 g/mol. The number of anilines is 3. The lowest BCUT2D eigenvalue weighted by molar-refractivity contribution is -0.122. The molecule has 0 spiro atoms. The molecule has 18 nitrogen and oxygen atoms in total. The molecule has 8 rings (SSSR count). The van der Waals surface area contributed by atoms with Crippen LogP contribution < -0.4 is 53.6 Å². The predicted octanol–water partition coefficient (Wildman–Crippen LogP) is 5.65. The molecule has 5 aliphatic heterocycles. The molecule has 3 aromatic carbocycles. The highest BCUT2D eigenvalue weighted by Gasteiger charge is 2.41. The number of rotatable bonds is 28. The van der Waals surface area contributed by atoms with Gasteiger partial charge in [0.2, 0.25) is 29.5 Å². The van der Waals surface area contributed by atoms with E-state index in [9.17, 15) is 28.8 Å². The minimum absolute atomic E-state index is 0.0138. The number of amides is 6. The molecule has 3 aromatic rings. The summed E-state index contributed by atoms with van der Waals surface area (Å²) in [6, 6.07) is 21.1. The fourth-order valence-electron chi connectivity index (χ4n) is 10.4. The predicted molar refractivity (Wildman–Crippen MR) is 308 cm³/mol. The Labute approximate surface area is 460 Å².